The van der Waals surface area contributed by atoms with Crippen LogP contribution >= 0.6 is 0 Å². The lowest BCUT2D eigenvalue weighted by Crippen LogP contribution is -2.30. The van der Waals surface area contributed by atoms with Crippen LogP contribution in [0.4, 0.5) is 0 Å². The predicted molar refractivity (Wildman–Crippen MR) is 273 cm³/mol. The Morgan fingerprint density at radius 2 is 0.815 bits per heavy atom. The summed E-state index contributed by atoms with van der Waals surface area (Å²) in [4.78, 5) is 0. The fourth-order valence-electron chi connectivity index (χ4n) is 7.75. The van der Waals surface area contributed by atoms with Crippen LogP contribution in [-0.4, -0.2) is 0 Å². The molecule has 4 heterocycles. The SMILES string of the molecule is Cc1ccc(C)c(-c2cccc[n+]2C)c1.Cc1ccc(C)c(-c2cccc[n+]2C)c1.[2H]C([2H])([2H])C([2H])(C)c1ccc(-c2cccc[n+]2C)c(C)c1.[2H]C([2H])([2H])C([2H])(Cc1ccc(-c2cccc[n+]2C)c(C)c1)C([2H])([2H])[2H]. The van der Waals surface area contributed by atoms with Crippen molar-refractivity contribution in [1.82, 2.24) is 0 Å². The highest BCUT2D eigenvalue weighted by atomic mass is 14.9. The quantitative estimate of drug-likeness (QED) is 0.142. The molecule has 0 aliphatic carbocycles. The van der Waals surface area contributed by atoms with Gasteiger partial charge in [-0.3, -0.25) is 0 Å². The third kappa shape index (κ3) is 13.7. The van der Waals surface area contributed by atoms with Gasteiger partial charge >= 0.3 is 0 Å². The number of aryl methyl sites for hydroxylation is 10. The molecule has 0 spiro atoms. The normalized spacial score (nSPS) is 14.8. The molecule has 8 rings (SSSR count). The van der Waals surface area contributed by atoms with Crippen molar-refractivity contribution in [3.63, 3.8) is 0 Å². The number of pyridine rings is 4. The molecule has 4 aromatic heterocycles. The standard InChI is InChI=1S/C17H22N.C16H20N.2C14H16N/c1-13(2)11-15-8-9-16(14(3)12-15)17-7-5-6-10-18(17)4;1-12(2)14-8-9-15(13(3)11-14)16-7-5-6-10-17(16)4;2*1-11-7-8-12(2)13(10-11)14-6-4-5-9-15(14)3/h5-10,12-13H,11H2,1-4H3;5-12H,1-4H3;2*4-10H,1-3H3/q4*+1/i1D3,2D3,13D;1D3,12D;;. The summed E-state index contributed by atoms with van der Waals surface area (Å²) in [7, 11) is 8.06. The van der Waals surface area contributed by atoms with E-state index in [1.54, 1.807) is 18.2 Å². The van der Waals surface area contributed by atoms with Crippen molar-refractivity contribution in [1.29, 1.82) is 0 Å². The highest BCUT2D eigenvalue weighted by Crippen LogP contribution is 2.26. The van der Waals surface area contributed by atoms with Gasteiger partial charge in [-0.1, -0.05) is 87.1 Å². The number of hydrogen-bond donors (Lipinski definition) is 0. The van der Waals surface area contributed by atoms with Crippen LogP contribution in [0, 0.1) is 47.4 Å². The summed E-state index contributed by atoms with van der Waals surface area (Å²) < 4.78 is 92.4. The van der Waals surface area contributed by atoms with Crippen LogP contribution in [0.3, 0.4) is 0 Å². The fourth-order valence-corrected chi connectivity index (χ4v) is 7.75. The van der Waals surface area contributed by atoms with Crippen LogP contribution in [0.5, 0.6) is 0 Å². The molecule has 0 N–H and O–H groups in total. The van der Waals surface area contributed by atoms with Gasteiger partial charge in [-0.2, -0.15) is 0 Å². The Morgan fingerprint density at radius 3 is 1.18 bits per heavy atom. The predicted octanol–water partition coefficient (Wildman–Crippen LogP) is 12.9. The zero-order valence-corrected chi connectivity index (χ0v) is 40.2. The monoisotopic (exact) mass is 874 g/mol. The van der Waals surface area contributed by atoms with E-state index in [4.69, 9.17) is 15.1 Å². The molecule has 334 valence electrons. The van der Waals surface area contributed by atoms with Gasteiger partial charge in [0, 0.05) is 85.9 Å². The highest BCUT2D eigenvalue weighted by Gasteiger charge is 2.15. The molecule has 0 bridgehead atoms. The van der Waals surface area contributed by atoms with Crippen molar-refractivity contribution in [2.24, 2.45) is 34.1 Å². The van der Waals surface area contributed by atoms with Crippen molar-refractivity contribution in [2.75, 3.05) is 0 Å². The second-order valence-electron chi connectivity index (χ2n) is 16.9. The van der Waals surface area contributed by atoms with Crippen LogP contribution in [0.15, 0.2) is 170 Å². The molecule has 8 aromatic rings. The largest absolute Gasteiger partial charge is 0.212 e. The van der Waals surface area contributed by atoms with Crippen LogP contribution in [0.2, 0.25) is 0 Å². The zero-order valence-electron chi connectivity index (χ0n) is 51.2. The Hall–Kier alpha value is -6.52. The van der Waals surface area contributed by atoms with E-state index in [0.717, 1.165) is 33.6 Å². The molecular weight excluding hydrogens is 789 g/mol. The summed E-state index contributed by atoms with van der Waals surface area (Å²) in [5.74, 6) is -4.14. The van der Waals surface area contributed by atoms with Gasteiger partial charge in [0.2, 0.25) is 22.8 Å². The fraction of sp³-hybridized carbons (Fsp3) is 0.279. The number of aromatic nitrogens is 4. The average molecular weight is 874 g/mol. The number of rotatable bonds is 7. The van der Waals surface area contributed by atoms with E-state index in [0.29, 0.717) is 11.1 Å². The molecule has 4 nitrogen and oxygen atoms in total. The minimum Gasteiger partial charge on any atom is -0.201 e. The van der Waals surface area contributed by atoms with Gasteiger partial charge in [0.15, 0.2) is 24.8 Å². The van der Waals surface area contributed by atoms with Crippen molar-refractivity contribution < 1.29 is 33.3 Å². The van der Waals surface area contributed by atoms with E-state index in [9.17, 15) is 0 Å². The van der Waals surface area contributed by atoms with E-state index in [1.807, 2.05) is 104 Å². The highest BCUT2D eigenvalue weighted by molar-refractivity contribution is 5.64. The van der Waals surface area contributed by atoms with Crippen LogP contribution in [0.25, 0.3) is 45.0 Å². The molecule has 0 aliphatic rings. The second-order valence-corrected chi connectivity index (χ2v) is 16.9. The van der Waals surface area contributed by atoms with Crippen LogP contribution in [-0.2, 0) is 34.6 Å². The van der Waals surface area contributed by atoms with Gasteiger partial charge in [-0.15, -0.1) is 0 Å². The van der Waals surface area contributed by atoms with Crippen LogP contribution < -0.4 is 18.3 Å². The second kappa shape index (κ2) is 23.4. The first-order chi connectivity index (χ1) is 35.4. The van der Waals surface area contributed by atoms with Gasteiger partial charge in [0.05, 0.1) is 0 Å². The summed E-state index contributed by atoms with van der Waals surface area (Å²) >= 11 is 0. The van der Waals surface area contributed by atoms with Crippen LogP contribution in [0.1, 0.15) is 93.0 Å². The van der Waals surface area contributed by atoms with E-state index in [-0.39, 0.29) is 6.42 Å². The third-order valence-corrected chi connectivity index (χ3v) is 11.4. The Kier molecular flexibility index (Phi) is 12.9. The maximum Gasteiger partial charge on any atom is 0.212 e. The summed E-state index contributed by atoms with van der Waals surface area (Å²) in [6, 6.07) is 48.3. The molecule has 0 radical (unpaired) electrons. The molecule has 65 heavy (non-hydrogen) atoms. The number of benzene rings is 4. The first-order valence-electron chi connectivity index (χ1n) is 27.5. The molecule has 0 fully saturated rings. The van der Waals surface area contributed by atoms with E-state index in [1.165, 1.54) is 51.7 Å². The first-order valence-corrected chi connectivity index (χ1v) is 22.0. The Labute approximate surface area is 407 Å². The van der Waals surface area contributed by atoms with Crippen molar-refractivity contribution in [3.05, 3.63) is 215 Å². The van der Waals surface area contributed by atoms with Crippen molar-refractivity contribution >= 4 is 0 Å². The number of nitrogens with zero attached hydrogens (tertiary/aromatic N) is 4. The lowest BCUT2D eigenvalue weighted by molar-refractivity contribution is -0.660. The van der Waals surface area contributed by atoms with E-state index in [2.05, 4.69) is 136 Å². The molecule has 4 aromatic carbocycles. The summed E-state index contributed by atoms with van der Waals surface area (Å²) in [5, 5.41) is 0. The molecule has 1 unspecified atom stereocenters. The molecular formula is C61H74N4+4. The Bertz CT molecular complexity index is 3160. The lowest BCUT2D eigenvalue weighted by Gasteiger charge is -2.09. The summed E-state index contributed by atoms with van der Waals surface area (Å²) in [5.41, 5.74) is 17.4. The van der Waals surface area contributed by atoms with Gasteiger partial charge in [0.25, 0.3) is 0 Å². The minimum absolute atomic E-state index is 0.359. The topological polar surface area (TPSA) is 15.5 Å². The van der Waals surface area contributed by atoms with Gasteiger partial charge < -0.3 is 0 Å². The smallest absolute Gasteiger partial charge is 0.201 e. The van der Waals surface area contributed by atoms with E-state index < -0.39 is 32.3 Å². The Morgan fingerprint density at radius 1 is 0.415 bits per heavy atom. The number of hydrogen-bond acceptors (Lipinski definition) is 0. The zero-order chi connectivity index (χ0) is 56.6. The first kappa shape index (κ1) is 35.8. The van der Waals surface area contributed by atoms with Crippen molar-refractivity contribution in [2.45, 2.75) is 81.3 Å². The lowest BCUT2D eigenvalue weighted by atomic mass is 9.96. The summed E-state index contributed by atoms with van der Waals surface area (Å²) in [6.07, 6.45) is 7.71. The molecule has 1 atom stereocenters. The molecule has 0 saturated carbocycles. The molecule has 0 aliphatic heterocycles. The van der Waals surface area contributed by atoms with Gasteiger partial charge in [-0.05, 0) is 142 Å². The third-order valence-electron chi connectivity index (χ3n) is 11.4. The van der Waals surface area contributed by atoms with Gasteiger partial charge in [0.1, 0.15) is 28.2 Å². The van der Waals surface area contributed by atoms with E-state index >= 15 is 0 Å². The molecule has 0 saturated heterocycles. The van der Waals surface area contributed by atoms with Gasteiger partial charge in [-0.25, -0.2) is 18.3 Å². The Balaban J connectivity index is 0.000000191. The molecule has 0 amide bonds. The average Bonchev–Trinajstić information content (AvgIpc) is 3.34. The summed E-state index contributed by atoms with van der Waals surface area (Å²) in [6.45, 7) is 5.69. The molecule has 4 heteroatoms. The van der Waals surface area contributed by atoms with Crippen molar-refractivity contribution in [3.8, 4) is 45.0 Å². The maximum atomic E-state index is 8.17. The minimum atomic E-state index is -2.91. The maximum absolute atomic E-state index is 8.17.